The minimum atomic E-state index is -0.505. The number of furan rings is 1. The number of aryl methyl sites for hydroxylation is 1. The molecule has 1 aromatic heterocycles. The summed E-state index contributed by atoms with van der Waals surface area (Å²) in [4.78, 5) is 12.3. The van der Waals surface area contributed by atoms with Crippen LogP contribution in [0.25, 0.3) is 11.0 Å². The maximum Gasteiger partial charge on any atom is 0.230 e. The number of carbonyl (C=O) groups excluding carboxylic acids is 1. The van der Waals surface area contributed by atoms with Gasteiger partial charge in [-0.3, -0.25) is 4.79 Å². The predicted octanol–water partition coefficient (Wildman–Crippen LogP) is 3.69. The third-order valence-electron chi connectivity index (χ3n) is 3.16. The fraction of sp³-hybridized carbons (Fsp3) is 0.0625. The van der Waals surface area contributed by atoms with Crippen LogP contribution in [0, 0.1) is 12.7 Å². The summed E-state index contributed by atoms with van der Waals surface area (Å²) in [6, 6.07) is 11.0. The molecule has 0 radical (unpaired) electrons. The zero-order valence-electron chi connectivity index (χ0n) is 10.8. The van der Waals surface area contributed by atoms with Gasteiger partial charge in [0, 0.05) is 11.1 Å². The Labute approximate surface area is 114 Å². The van der Waals surface area contributed by atoms with E-state index in [1.54, 1.807) is 12.1 Å². The molecule has 2 N–H and O–H groups in total. The number of nitrogens with two attached hydrogens (primary N) is 1. The van der Waals surface area contributed by atoms with Gasteiger partial charge in [-0.25, -0.2) is 4.39 Å². The summed E-state index contributed by atoms with van der Waals surface area (Å²) in [5.41, 5.74) is 7.75. The number of carbonyl (C=O) groups is 1. The third-order valence-corrected chi connectivity index (χ3v) is 3.16. The van der Waals surface area contributed by atoms with Crippen molar-refractivity contribution in [2.45, 2.75) is 6.92 Å². The molecule has 100 valence electrons. The summed E-state index contributed by atoms with van der Waals surface area (Å²) in [7, 11) is 0. The number of nitrogen functional groups attached to an aromatic ring is 1. The lowest BCUT2D eigenvalue weighted by molar-refractivity contribution is 0.101. The summed E-state index contributed by atoms with van der Waals surface area (Å²) in [5.74, 6) is -0.770. The van der Waals surface area contributed by atoms with Gasteiger partial charge in [-0.15, -0.1) is 0 Å². The highest BCUT2D eigenvalue weighted by Crippen LogP contribution is 2.24. The molecule has 3 aromatic rings. The van der Waals surface area contributed by atoms with E-state index in [2.05, 4.69) is 0 Å². The summed E-state index contributed by atoms with van der Waals surface area (Å²) < 4.78 is 18.7. The number of benzene rings is 2. The third kappa shape index (κ3) is 2.05. The van der Waals surface area contributed by atoms with E-state index in [4.69, 9.17) is 10.2 Å². The molecule has 0 aliphatic rings. The summed E-state index contributed by atoms with van der Waals surface area (Å²) in [5, 5.41) is 0.836. The van der Waals surface area contributed by atoms with Crippen LogP contribution in [-0.4, -0.2) is 5.78 Å². The second-order valence-corrected chi connectivity index (χ2v) is 4.71. The van der Waals surface area contributed by atoms with E-state index in [1.165, 1.54) is 12.1 Å². The Morgan fingerprint density at radius 3 is 2.75 bits per heavy atom. The van der Waals surface area contributed by atoms with Crippen molar-refractivity contribution in [2.75, 3.05) is 5.73 Å². The number of hydrogen-bond acceptors (Lipinski definition) is 3. The van der Waals surface area contributed by atoms with Crippen molar-refractivity contribution in [3.05, 3.63) is 65.2 Å². The van der Waals surface area contributed by atoms with Gasteiger partial charge in [-0.05, 0) is 43.3 Å². The van der Waals surface area contributed by atoms with E-state index in [1.807, 2.05) is 19.1 Å². The first kappa shape index (κ1) is 12.4. The largest absolute Gasteiger partial charge is 0.453 e. The van der Waals surface area contributed by atoms with Crippen molar-refractivity contribution in [2.24, 2.45) is 0 Å². The molecule has 0 fully saturated rings. The molecule has 0 atom stereocenters. The number of halogens is 1. The molecule has 3 nitrogen and oxygen atoms in total. The average Bonchev–Trinajstić information content (AvgIpc) is 2.83. The Balaban J connectivity index is 2.10. The topological polar surface area (TPSA) is 56.2 Å². The van der Waals surface area contributed by atoms with Gasteiger partial charge in [-0.2, -0.15) is 0 Å². The van der Waals surface area contributed by atoms with Gasteiger partial charge in [0.1, 0.15) is 11.4 Å². The van der Waals surface area contributed by atoms with Crippen molar-refractivity contribution in [1.29, 1.82) is 0 Å². The molecular weight excluding hydrogens is 257 g/mol. The Morgan fingerprint density at radius 1 is 1.15 bits per heavy atom. The quantitative estimate of drug-likeness (QED) is 0.570. The van der Waals surface area contributed by atoms with Gasteiger partial charge in [-0.1, -0.05) is 11.6 Å². The standard InChI is InChI=1S/C16H12FNO2/c1-9-2-5-14-10(6-9)7-15(20-14)16(19)12-8-11(17)3-4-13(12)18/h2-8H,18H2,1H3. The van der Waals surface area contributed by atoms with E-state index in [0.717, 1.165) is 17.0 Å². The minimum absolute atomic E-state index is 0.112. The SMILES string of the molecule is Cc1ccc2oc(C(=O)c3cc(F)ccc3N)cc2c1. The van der Waals surface area contributed by atoms with Crippen LogP contribution in [0.5, 0.6) is 0 Å². The smallest absolute Gasteiger partial charge is 0.230 e. The van der Waals surface area contributed by atoms with E-state index >= 15 is 0 Å². The van der Waals surface area contributed by atoms with E-state index in [-0.39, 0.29) is 17.0 Å². The lowest BCUT2D eigenvalue weighted by Gasteiger charge is -2.02. The van der Waals surface area contributed by atoms with Crippen LogP contribution in [-0.2, 0) is 0 Å². The number of fused-ring (bicyclic) bond motifs is 1. The lowest BCUT2D eigenvalue weighted by atomic mass is 10.1. The molecule has 4 heteroatoms. The number of anilines is 1. The van der Waals surface area contributed by atoms with Crippen molar-refractivity contribution in [3.8, 4) is 0 Å². The number of ketones is 1. The highest BCUT2D eigenvalue weighted by Gasteiger charge is 2.17. The fourth-order valence-electron chi connectivity index (χ4n) is 2.13. The van der Waals surface area contributed by atoms with Gasteiger partial charge in [0.25, 0.3) is 0 Å². The fourth-order valence-corrected chi connectivity index (χ4v) is 2.13. The molecular formula is C16H12FNO2. The minimum Gasteiger partial charge on any atom is -0.453 e. The van der Waals surface area contributed by atoms with Crippen molar-refractivity contribution < 1.29 is 13.6 Å². The molecule has 0 bridgehead atoms. The van der Waals surface area contributed by atoms with Crippen LogP contribution in [0.1, 0.15) is 21.7 Å². The van der Waals surface area contributed by atoms with Crippen LogP contribution in [0.4, 0.5) is 10.1 Å². The van der Waals surface area contributed by atoms with E-state index in [0.29, 0.717) is 5.58 Å². The Morgan fingerprint density at radius 2 is 1.95 bits per heavy atom. The second kappa shape index (κ2) is 4.49. The van der Waals surface area contributed by atoms with Crippen LogP contribution >= 0.6 is 0 Å². The first-order valence-corrected chi connectivity index (χ1v) is 6.14. The zero-order chi connectivity index (χ0) is 14.3. The van der Waals surface area contributed by atoms with Gasteiger partial charge in [0.05, 0.1) is 5.56 Å². The monoisotopic (exact) mass is 269 g/mol. The summed E-state index contributed by atoms with van der Waals surface area (Å²) >= 11 is 0. The average molecular weight is 269 g/mol. The number of hydrogen-bond donors (Lipinski definition) is 1. The molecule has 20 heavy (non-hydrogen) atoms. The predicted molar refractivity (Wildman–Crippen MR) is 75.2 cm³/mol. The van der Waals surface area contributed by atoms with Crippen LogP contribution in [0.15, 0.2) is 46.9 Å². The summed E-state index contributed by atoms with van der Waals surface area (Å²) in [6.45, 7) is 1.96. The van der Waals surface area contributed by atoms with Gasteiger partial charge < -0.3 is 10.2 Å². The molecule has 0 saturated heterocycles. The molecule has 1 heterocycles. The Kier molecular flexibility index (Phi) is 2.79. The normalized spacial score (nSPS) is 10.9. The molecule has 0 aliphatic heterocycles. The maximum absolute atomic E-state index is 13.2. The van der Waals surface area contributed by atoms with Crippen LogP contribution in [0.3, 0.4) is 0 Å². The maximum atomic E-state index is 13.2. The van der Waals surface area contributed by atoms with Crippen molar-refractivity contribution >= 4 is 22.4 Å². The molecule has 0 saturated carbocycles. The van der Waals surface area contributed by atoms with Crippen molar-refractivity contribution in [3.63, 3.8) is 0 Å². The Hall–Kier alpha value is -2.62. The molecule has 2 aromatic carbocycles. The van der Waals surface area contributed by atoms with Crippen LogP contribution in [0.2, 0.25) is 0 Å². The van der Waals surface area contributed by atoms with Crippen molar-refractivity contribution in [1.82, 2.24) is 0 Å². The first-order valence-electron chi connectivity index (χ1n) is 6.14. The highest BCUT2D eigenvalue weighted by molar-refractivity contribution is 6.11. The lowest BCUT2D eigenvalue weighted by Crippen LogP contribution is -2.04. The van der Waals surface area contributed by atoms with E-state index < -0.39 is 11.6 Å². The van der Waals surface area contributed by atoms with E-state index in [9.17, 15) is 9.18 Å². The molecule has 0 spiro atoms. The van der Waals surface area contributed by atoms with Gasteiger partial charge >= 0.3 is 0 Å². The zero-order valence-corrected chi connectivity index (χ0v) is 10.8. The molecule has 3 rings (SSSR count). The van der Waals surface area contributed by atoms with Crippen LogP contribution < -0.4 is 5.73 Å². The first-order chi connectivity index (χ1) is 9.54. The second-order valence-electron chi connectivity index (χ2n) is 4.71. The molecule has 0 aliphatic carbocycles. The molecule has 0 unspecified atom stereocenters. The molecule has 0 amide bonds. The Bertz CT molecular complexity index is 820. The van der Waals surface area contributed by atoms with Gasteiger partial charge in [0.15, 0.2) is 5.76 Å². The number of rotatable bonds is 2. The van der Waals surface area contributed by atoms with Gasteiger partial charge in [0.2, 0.25) is 5.78 Å². The highest BCUT2D eigenvalue weighted by atomic mass is 19.1. The summed E-state index contributed by atoms with van der Waals surface area (Å²) in [6.07, 6.45) is 0.